The SMILES string of the molecule is CCOC(=O)CCC(C)(O)c1ccc(-c2ccccc2Cl)cc1. The Balaban J connectivity index is 2.12. The topological polar surface area (TPSA) is 46.5 Å². The van der Waals surface area contributed by atoms with Crippen LogP contribution in [0.25, 0.3) is 11.1 Å². The van der Waals surface area contributed by atoms with Crippen molar-refractivity contribution >= 4 is 17.6 Å². The monoisotopic (exact) mass is 332 g/mol. The van der Waals surface area contributed by atoms with Gasteiger partial charge in [-0.25, -0.2) is 0 Å². The molecule has 1 N–H and O–H groups in total. The van der Waals surface area contributed by atoms with Gasteiger partial charge in [-0.1, -0.05) is 54.1 Å². The highest BCUT2D eigenvalue weighted by Gasteiger charge is 2.24. The maximum atomic E-state index is 11.4. The Hall–Kier alpha value is -1.84. The van der Waals surface area contributed by atoms with Crippen LogP contribution in [-0.4, -0.2) is 17.7 Å². The molecule has 0 spiro atoms. The number of rotatable bonds is 6. The van der Waals surface area contributed by atoms with Crippen LogP contribution < -0.4 is 0 Å². The van der Waals surface area contributed by atoms with E-state index < -0.39 is 5.60 Å². The average molecular weight is 333 g/mol. The van der Waals surface area contributed by atoms with Gasteiger partial charge in [0, 0.05) is 17.0 Å². The largest absolute Gasteiger partial charge is 0.466 e. The number of carbonyl (C=O) groups is 1. The molecule has 0 saturated carbocycles. The third-order valence-corrected chi connectivity index (χ3v) is 4.14. The molecular weight excluding hydrogens is 312 g/mol. The first kappa shape index (κ1) is 17.5. The molecule has 23 heavy (non-hydrogen) atoms. The van der Waals surface area contributed by atoms with Gasteiger partial charge in [0.25, 0.3) is 0 Å². The van der Waals surface area contributed by atoms with Crippen LogP contribution in [0.2, 0.25) is 5.02 Å². The number of halogens is 1. The fourth-order valence-electron chi connectivity index (χ4n) is 2.43. The van der Waals surface area contributed by atoms with Crippen molar-refractivity contribution in [1.29, 1.82) is 0 Å². The molecule has 3 nitrogen and oxygen atoms in total. The highest BCUT2D eigenvalue weighted by Crippen LogP contribution is 2.31. The fraction of sp³-hybridized carbons (Fsp3) is 0.316. The molecule has 4 heteroatoms. The van der Waals surface area contributed by atoms with E-state index in [9.17, 15) is 9.90 Å². The molecule has 2 rings (SSSR count). The molecule has 0 heterocycles. The molecule has 0 aliphatic heterocycles. The van der Waals surface area contributed by atoms with Crippen molar-refractivity contribution in [3.63, 3.8) is 0 Å². The number of esters is 1. The van der Waals surface area contributed by atoms with Crippen LogP contribution >= 0.6 is 11.6 Å². The van der Waals surface area contributed by atoms with Gasteiger partial charge in [-0.15, -0.1) is 0 Å². The molecular formula is C19H21ClO3. The summed E-state index contributed by atoms with van der Waals surface area (Å²) in [4.78, 5) is 11.4. The van der Waals surface area contributed by atoms with Crippen LogP contribution in [0.5, 0.6) is 0 Å². The molecule has 2 aromatic carbocycles. The molecule has 0 fully saturated rings. The molecule has 0 aromatic heterocycles. The third kappa shape index (κ3) is 4.57. The zero-order chi connectivity index (χ0) is 16.9. The highest BCUT2D eigenvalue weighted by molar-refractivity contribution is 6.33. The Morgan fingerprint density at radius 3 is 2.43 bits per heavy atom. The van der Waals surface area contributed by atoms with E-state index >= 15 is 0 Å². The van der Waals surface area contributed by atoms with E-state index in [1.54, 1.807) is 13.8 Å². The van der Waals surface area contributed by atoms with Crippen molar-refractivity contribution in [2.45, 2.75) is 32.3 Å². The van der Waals surface area contributed by atoms with Gasteiger partial charge in [0.2, 0.25) is 0 Å². The van der Waals surface area contributed by atoms with Gasteiger partial charge in [0.15, 0.2) is 0 Å². The van der Waals surface area contributed by atoms with Gasteiger partial charge in [-0.2, -0.15) is 0 Å². The van der Waals surface area contributed by atoms with Crippen LogP contribution in [0.4, 0.5) is 0 Å². The van der Waals surface area contributed by atoms with E-state index in [0.717, 1.165) is 16.7 Å². The van der Waals surface area contributed by atoms with E-state index in [-0.39, 0.29) is 12.4 Å². The van der Waals surface area contributed by atoms with Crippen LogP contribution in [-0.2, 0) is 15.1 Å². The lowest BCUT2D eigenvalue weighted by Gasteiger charge is -2.23. The smallest absolute Gasteiger partial charge is 0.305 e. The Labute approximate surface area is 141 Å². The zero-order valence-corrected chi connectivity index (χ0v) is 14.1. The standard InChI is InChI=1S/C19H21ClO3/c1-3-23-18(21)12-13-19(2,22)15-10-8-14(9-11-15)16-6-4-5-7-17(16)20/h4-11,22H,3,12-13H2,1-2H3. The molecule has 0 aliphatic rings. The lowest BCUT2D eigenvalue weighted by atomic mass is 9.90. The molecule has 0 bridgehead atoms. The second-order valence-corrected chi connectivity index (χ2v) is 6.04. The molecule has 0 amide bonds. The van der Waals surface area contributed by atoms with Crippen molar-refractivity contribution < 1.29 is 14.6 Å². The summed E-state index contributed by atoms with van der Waals surface area (Å²) in [6.45, 7) is 3.83. The predicted molar refractivity (Wildman–Crippen MR) is 92.3 cm³/mol. The second-order valence-electron chi connectivity index (χ2n) is 5.64. The molecule has 2 aromatic rings. The summed E-state index contributed by atoms with van der Waals surface area (Å²) in [6, 6.07) is 15.2. The minimum atomic E-state index is -1.08. The van der Waals surface area contributed by atoms with Crippen LogP contribution in [0, 0.1) is 0 Å². The number of benzene rings is 2. The number of carbonyl (C=O) groups excluding carboxylic acids is 1. The Bertz CT molecular complexity index is 663. The van der Waals surface area contributed by atoms with Crippen LogP contribution in [0.15, 0.2) is 48.5 Å². The summed E-state index contributed by atoms with van der Waals surface area (Å²) in [6.07, 6.45) is 0.504. The maximum Gasteiger partial charge on any atom is 0.305 e. The summed E-state index contributed by atoms with van der Waals surface area (Å²) in [7, 11) is 0. The summed E-state index contributed by atoms with van der Waals surface area (Å²) < 4.78 is 4.90. The Morgan fingerprint density at radius 2 is 1.83 bits per heavy atom. The van der Waals surface area contributed by atoms with E-state index in [1.165, 1.54) is 0 Å². The van der Waals surface area contributed by atoms with E-state index in [2.05, 4.69) is 0 Å². The lowest BCUT2D eigenvalue weighted by Crippen LogP contribution is -2.22. The fourth-order valence-corrected chi connectivity index (χ4v) is 2.67. The van der Waals surface area contributed by atoms with E-state index in [4.69, 9.17) is 16.3 Å². The van der Waals surface area contributed by atoms with Gasteiger partial charge in [0.05, 0.1) is 12.2 Å². The van der Waals surface area contributed by atoms with Crippen molar-refractivity contribution in [1.82, 2.24) is 0 Å². The molecule has 122 valence electrons. The van der Waals surface area contributed by atoms with Gasteiger partial charge < -0.3 is 9.84 Å². The summed E-state index contributed by atoms with van der Waals surface area (Å²) in [5.41, 5.74) is 1.62. The first-order valence-corrected chi connectivity index (χ1v) is 8.05. The van der Waals surface area contributed by atoms with Gasteiger partial charge in [0.1, 0.15) is 0 Å². The van der Waals surface area contributed by atoms with Crippen LogP contribution in [0.3, 0.4) is 0 Å². The molecule has 0 aliphatic carbocycles. The predicted octanol–water partition coefficient (Wildman–Crippen LogP) is 4.56. The van der Waals surface area contributed by atoms with Crippen molar-refractivity contribution in [2.24, 2.45) is 0 Å². The van der Waals surface area contributed by atoms with Gasteiger partial charge in [-0.05, 0) is 37.5 Å². The highest BCUT2D eigenvalue weighted by atomic mass is 35.5. The number of hydrogen-bond acceptors (Lipinski definition) is 3. The van der Waals surface area contributed by atoms with Gasteiger partial charge >= 0.3 is 5.97 Å². The number of hydrogen-bond donors (Lipinski definition) is 1. The Morgan fingerprint density at radius 1 is 1.17 bits per heavy atom. The summed E-state index contributed by atoms with van der Waals surface area (Å²) >= 11 is 6.20. The molecule has 0 saturated heterocycles. The van der Waals surface area contributed by atoms with Gasteiger partial charge in [-0.3, -0.25) is 4.79 Å². The van der Waals surface area contributed by atoms with Crippen LogP contribution in [0.1, 0.15) is 32.3 Å². The van der Waals surface area contributed by atoms with Crippen molar-refractivity contribution in [3.8, 4) is 11.1 Å². The lowest BCUT2D eigenvalue weighted by molar-refractivity contribution is -0.144. The van der Waals surface area contributed by atoms with Crippen molar-refractivity contribution in [3.05, 3.63) is 59.1 Å². The molecule has 0 radical (unpaired) electrons. The van der Waals surface area contributed by atoms with Crippen molar-refractivity contribution in [2.75, 3.05) is 6.61 Å². The molecule has 1 unspecified atom stereocenters. The van der Waals surface area contributed by atoms with E-state index in [0.29, 0.717) is 18.1 Å². The quantitative estimate of drug-likeness (QED) is 0.789. The number of ether oxygens (including phenoxy) is 1. The maximum absolute atomic E-state index is 11.4. The first-order valence-electron chi connectivity index (χ1n) is 7.67. The summed E-state index contributed by atoms with van der Waals surface area (Å²) in [5, 5.41) is 11.3. The summed E-state index contributed by atoms with van der Waals surface area (Å²) in [5.74, 6) is -0.291. The number of aliphatic hydroxyl groups is 1. The first-order chi connectivity index (χ1) is 10.9. The normalized spacial score (nSPS) is 13.4. The van der Waals surface area contributed by atoms with E-state index in [1.807, 2.05) is 48.5 Å². The second kappa shape index (κ2) is 7.62. The minimum absolute atomic E-state index is 0.188. The third-order valence-electron chi connectivity index (χ3n) is 3.81. The average Bonchev–Trinajstić information content (AvgIpc) is 2.54. The molecule has 1 atom stereocenters. The minimum Gasteiger partial charge on any atom is -0.466 e. The zero-order valence-electron chi connectivity index (χ0n) is 13.4. The Kier molecular flexibility index (Phi) is 5.80.